The smallest absolute Gasteiger partial charge is 0.241 e. The van der Waals surface area contributed by atoms with Crippen molar-refractivity contribution in [1.82, 2.24) is 4.90 Å². The Morgan fingerprint density at radius 3 is 2.41 bits per heavy atom. The van der Waals surface area contributed by atoms with E-state index in [1.165, 1.54) is 0 Å². The minimum atomic E-state index is -1.06. The normalized spacial score (nSPS) is 27.7. The molecule has 4 heteroatoms. The van der Waals surface area contributed by atoms with Gasteiger partial charge < -0.3 is 4.90 Å². The lowest BCUT2D eigenvalue weighted by Crippen LogP contribution is -2.58. The van der Waals surface area contributed by atoms with Gasteiger partial charge in [-0.15, -0.1) is 0 Å². The number of rotatable bonds is 2. The van der Waals surface area contributed by atoms with Crippen LogP contribution >= 0.6 is 0 Å². The highest BCUT2D eigenvalue weighted by Crippen LogP contribution is 2.52. The highest BCUT2D eigenvalue weighted by molar-refractivity contribution is 6.11. The molecule has 27 heavy (non-hydrogen) atoms. The second-order valence-electron chi connectivity index (χ2n) is 8.31. The molecular weight excluding hydrogens is 336 g/mol. The van der Waals surface area contributed by atoms with E-state index >= 15 is 0 Å². The number of carbonyl (C=O) groups excluding carboxylic acids is 2. The van der Waals surface area contributed by atoms with Crippen molar-refractivity contribution in [1.29, 1.82) is 5.26 Å². The van der Waals surface area contributed by atoms with Gasteiger partial charge in [0.1, 0.15) is 11.5 Å². The second kappa shape index (κ2) is 6.20. The number of nitrogens with zero attached hydrogens (tertiary/aromatic N) is 2. The number of hydrogen-bond donors (Lipinski definition) is 0. The van der Waals surface area contributed by atoms with E-state index < -0.39 is 10.8 Å². The summed E-state index contributed by atoms with van der Waals surface area (Å²) in [4.78, 5) is 28.8. The van der Waals surface area contributed by atoms with E-state index in [0.29, 0.717) is 6.54 Å². The number of fused-ring (bicyclic) bond motifs is 1. The van der Waals surface area contributed by atoms with Crippen molar-refractivity contribution in [3.63, 3.8) is 0 Å². The average Bonchev–Trinajstić information content (AvgIpc) is 3.20. The molecule has 0 saturated heterocycles. The highest BCUT2D eigenvalue weighted by Gasteiger charge is 2.57. The first-order valence-corrected chi connectivity index (χ1v) is 9.68. The quantitative estimate of drug-likeness (QED) is 0.756. The molecule has 0 N–H and O–H groups in total. The lowest BCUT2D eigenvalue weighted by Gasteiger charge is -2.49. The van der Waals surface area contributed by atoms with Gasteiger partial charge in [0.15, 0.2) is 5.78 Å². The molecule has 4 rings (SSSR count). The summed E-state index contributed by atoms with van der Waals surface area (Å²) in [5.74, 6) is -0.198. The molecule has 3 aliphatic rings. The summed E-state index contributed by atoms with van der Waals surface area (Å²) in [6.07, 6.45) is 8.04. The zero-order valence-corrected chi connectivity index (χ0v) is 15.9. The monoisotopic (exact) mass is 360 g/mol. The summed E-state index contributed by atoms with van der Waals surface area (Å²) in [5.41, 5.74) is -0.221. The van der Waals surface area contributed by atoms with Crippen molar-refractivity contribution < 1.29 is 9.59 Å². The molecule has 1 amide bonds. The summed E-state index contributed by atoms with van der Waals surface area (Å²) in [6.45, 7) is 4.21. The summed E-state index contributed by atoms with van der Waals surface area (Å²) in [7, 11) is 0. The van der Waals surface area contributed by atoms with Crippen LogP contribution in [0, 0.1) is 16.7 Å². The van der Waals surface area contributed by atoms with Gasteiger partial charge >= 0.3 is 0 Å². The third-order valence-electron chi connectivity index (χ3n) is 6.48. The molecule has 138 valence electrons. The first kappa shape index (κ1) is 17.7. The SMILES string of the molecule is CC1(C)C(=O)C(C#N)=C[C@]2(c3ccccc3)C(=O)N(C3CCCC3)CC=C12. The lowest BCUT2D eigenvalue weighted by molar-refractivity contribution is -0.138. The minimum absolute atomic E-state index is 0.00595. The number of hydrogen-bond acceptors (Lipinski definition) is 3. The molecule has 1 aromatic rings. The van der Waals surface area contributed by atoms with E-state index in [-0.39, 0.29) is 23.3 Å². The van der Waals surface area contributed by atoms with Gasteiger partial charge in [-0.25, -0.2) is 0 Å². The van der Waals surface area contributed by atoms with Crippen molar-refractivity contribution >= 4 is 11.7 Å². The predicted molar refractivity (Wildman–Crippen MR) is 103 cm³/mol. The molecule has 1 fully saturated rings. The maximum Gasteiger partial charge on any atom is 0.241 e. The molecule has 0 radical (unpaired) electrons. The van der Waals surface area contributed by atoms with Crippen molar-refractivity contribution in [3.05, 3.63) is 59.2 Å². The third kappa shape index (κ3) is 2.41. The van der Waals surface area contributed by atoms with Crippen LogP contribution in [0.1, 0.15) is 45.1 Å². The molecule has 0 bridgehead atoms. The van der Waals surface area contributed by atoms with Crippen LogP contribution in [0.4, 0.5) is 0 Å². The minimum Gasteiger partial charge on any atom is -0.335 e. The van der Waals surface area contributed by atoms with Gasteiger partial charge in [-0.3, -0.25) is 9.59 Å². The van der Waals surface area contributed by atoms with Crippen molar-refractivity contribution in [2.24, 2.45) is 5.41 Å². The van der Waals surface area contributed by atoms with Gasteiger partial charge in [0.2, 0.25) is 5.91 Å². The predicted octanol–water partition coefficient (Wildman–Crippen LogP) is 3.69. The van der Waals surface area contributed by atoms with E-state index in [1.54, 1.807) is 6.08 Å². The molecule has 0 unspecified atom stereocenters. The van der Waals surface area contributed by atoms with Crippen LogP contribution in [0.15, 0.2) is 53.6 Å². The van der Waals surface area contributed by atoms with Gasteiger partial charge in [-0.05, 0) is 43.9 Å². The van der Waals surface area contributed by atoms with Crippen LogP contribution < -0.4 is 0 Å². The molecule has 0 spiro atoms. The van der Waals surface area contributed by atoms with Gasteiger partial charge in [-0.1, -0.05) is 49.2 Å². The fourth-order valence-corrected chi connectivity index (χ4v) is 5.08. The molecule has 1 aliphatic heterocycles. The maximum atomic E-state index is 13.9. The lowest BCUT2D eigenvalue weighted by atomic mass is 9.56. The Hall–Kier alpha value is -2.67. The molecule has 0 aromatic heterocycles. The van der Waals surface area contributed by atoms with E-state index in [0.717, 1.165) is 36.8 Å². The maximum absolute atomic E-state index is 13.9. The topological polar surface area (TPSA) is 61.2 Å². The number of carbonyl (C=O) groups is 2. The molecule has 4 nitrogen and oxygen atoms in total. The largest absolute Gasteiger partial charge is 0.335 e. The Morgan fingerprint density at radius 1 is 1.11 bits per heavy atom. The molecule has 1 heterocycles. The molecule has 1 aromatic carbocycles. The Labute approximate surface area is 160 Å². The highest BCUT2D eigenvalue weighted by atomic mass is 16.2. The van der Waals surface area contributed by atoms with Gasteiger partial charge in [0.05, 0.1) is 11.0 Å². The van der Waals surface area contributed by atoms with Crippen molar-refractivity contribution in [2.45, 2.75) is 51.0 Å². The van der Waals surface area contributed by atoms with Crippen LogP contribution in [0.3, 0.4) is 0 Å². The Balaban J connectivity index is 1.98. The number of amides is 1. The second-order valence-corrected chi connectivity index (χ2v) is 8.31. The van der Waals surface area contributed by atoms with Gasteiger partial charge in [0.25, 0.3) is 0 Å². The van der Waals surface area contributed by atoms with E-state index in [9.17, 15) is 14.9 Å². The van der Waals surface area contributed by atoms with Crippen molar-refractivity contribution in [2.75, 3.05) is 6.54 Å². The Morgan fingerprint density at radius 2 is 1.78 bits per heavy atom. The zero-order chi connectivity index (χ0) is 19.2. The number of Topliss-reactive ketones (excluding diaryl/α,β-unsaturated/α-hetero) is 1. The molecule has 1 saturated carbocycles. The van der Waals surface area contributed by atoms with Crippen LogP contribution in [-0.4, -0.2) is 29.2 Å². The fraction of sp³-hybridized carbons (Fsp3) is 0.435. The summed E-state index contributed by atoms with van der Waals surface area (Å²) < 4.78 is 0. The molecular formula is C23H24N2O2. The molecule has 2 aliphatic carbocycles. The fourth-order valence-electron chi connectivity index (χ4n) is 5.08. The standard InChI is InChI=1S/C23H24N2O2/c1-22(2)19-12-13-25(18-10-6-7-11-18)21(27)23(19,14-16(15-24)20(22)26)17-8-4-3-5-9-17/h3-5,8-9,12,14,18H,6-7,10-11,13H2,1-2H3/t23-/m1/s1. The first-order valence-electron chi connectivity index (χ1n) is 9.68. The zero-order valence-electron chi connectivity index (χ0n) is 15.9. The van der Waals surface area contributed by atoms with E-state index in [2.05, 4.69) is 12.1 Å². The Kier molecular flexibility index (Phi) is 4.07. The third-order valence-corrected chi connectivity index (χ3v) is 6.48. The van der Waals surface area contributed by atoms with Crippen LogP contribution in [0.5, 0.6) is 0 Å². The van der Waals surface area contributed by atoms with Crippen LogP contribution in [-0.2, 0) is 15.0 Å². The summed E-state index contributed by atoms with van der Waals surface area (Å²) in [5, 5.41) is 9.63. The number of benzene rings is 1. The summed E-state index contributed by atoms with van der Waals surface area (Å²) in [6, 6.07) is 11.9. The van der Waals surface area contributed by atoms with E-state index in [1.807, 2.05) is 49.1 Å². The number of ketones is 1. The van der Waals surface area contributed by atoms with Gasteiger partial charge in [-0.2, -0.15) is 5.26 Å². The van der Waals surface area contributed by atoms with Crippen LogP contribution in [0.25, 0.3) is 0 Å². The van der Waals surface area contributed by atoms with Crippen LogP contribution in [0.2, 0.25) is 0 Å². The molecule has 1 atom stereocenters. The van der Waals surface area contributed by atoms with E-state index in [4.69, 9.17) is 0 Å². The van der Waals surface area contributed by atoms with Crippen molar-refractivity contribution in [3.8, 4) is 6.07 Å². The number of nitriles is 1. The summed E-state index contributed by atoms with van der Waals surface area (Å²) >= 11 is 0. The van der Waals surface area contributed by atoms with Gasteiger partial charge in [0, 0.05) is 12.6 Å². The Bertz CT molecular complexity index is 898. The first-order chi connectivity index (χ1) is 12.9. The average molecular weight is 360 g/mol. The number of allylic oxidation sites excluding steroid dienone is 1.